The first kappa shape index (κ1) is 13.2. The Hall–Kier alpha value is -2.83. The van der Waals surface area contributed by atoms with Crippen LogP contribution in [0.15, 0.2) is 35.1 Å². The van der Waals surface area contributed by atoms with Crippen LogP contribution in [-0.4, -0.2) is 15.8 Å². The van der Waals surface area contributed by atoms with Crippen LogP contribution in [0.4, 0.5) is 13.2 Å². The van der Waals surface area contributed by atoms with Crippen molar-refractivity contribution in [1.29, 1.82) is 0 Å². The molecule has 0 aliphatic carbocycles. The average molecular weight is 292 g/mol. The lowest BCUT2D eigenvalue weighted by Gasteiger charge is -2.03. The number of H-pyrrole nitrogens is 2. The highest BCUT2D eigenvalue weighted by molar-refractivity contribution is 6.10. The summed E-state index contributed by atoms with van der Waals surface area (Å²) in [6.45, 7) is 0. The van der Waals surface area contributed by atoms with Gasteiger partial charge in [-0.15, -0.1) is 0 Å². The summed E-state index contributed by atoms with van der Waals surface area (Å²) in [5, 5.41) is 0. The van der Waals surface area contributed by atoms with Crippen LogP contribution in [0.3, 0.4) is 0 Å². The summed E-state index contributed by atoms with van der Waals surface area (Å²) in [4.78, 5) is 28.2. The highest BCUT2D eigenvalue weighted by Crippen LogP contribution is 2.18. The summed E-state index contributed by atoms with van der Waals surface area (Å²) >= 11 is 0. The molecule has 3 aromatic rings. The minimum atomic E-state index is -1.63. The first-order valence-corrected chi connectivity index (χ1v) is 5.87. The Morgan fingerprint density at radius 2 is 1.48 bits per heavy atom. The SMILES string of the molecule is O=C(c1cc(F)c(F)c(F)c1)c1ccc2[nH]c(=O)[nH]c2c1. The number of aromatic amines is 2. The Morgan fingerprint density at radius 3 is 2.14 bits per heavy atom. The minimum absolute atomic E-state index is 0.114. The summed E-state index contributed by atoms with van der Waals surface area (Å²) < 4.78 is 39.2. The fourth-order valence-electron chi connectivity index (χ4n) is 2.03. The lowest BCUT2D eigenvalue weighted by molar-refractivity contribution is 0.103. The molecule has 4 nitrogen and oxygen atoms in total. The van der Waals surface area contributed by atoms with Gasteiger partial charge in [0.05, 0.1) is 11.0 Å². The van der Waals surface area contributed by atoms with Crippen molar-refractivity contribution in [2.75, 3.05) is 0 Å². The van der Waals surface area contributed by atoms with Gasteiger partial charge in [-0.05, 0) is 30.3 Å². The van der Waals surface area contributed by atoms with E-state index in [1.165, 1.54) is 18.2 Å². The van der Waals surface area contributed by atoms with Gasteiger partial charge in [0.15, 0.2) is 23.2 Å². The standard InChI is InChI=1S/C14H7F3N2O2/c15-8-3-7(4-9(16)12(8)17)13(20)6-1-2-10-11(5-6)19-14(21)18-10/h1-5H,(H2,18,19,21). The van der Waals surface area contributed by atoms with Crippen LogP contribution in [0.5, 0.6) is 0 Å². The van der Waals surface area contributed by atoms with Crippen molar-refractivity contribution in [2.45, 2.75) is 0 Å². The molecule has 7 heteroatoms. The van der Waals surface area contributed by atoms with Crippen molar-refractivity contribution in [2.24, 2.45) is 0 Å². The van der Waals surface area contributed by atoms with E-state index in [1.54, 1.807) is 0 Å². The van der Waals surface area contributed by atoms with Crippen LogP contribution in [0.2, 0.25) is 0 Å². The first-order valence-electron chi connectivity index (χ1n) is 5.87. The fraction of sp³-hybridized carbons (Fsp3) is 0. The molecule has 0 amide bonds. The Morgan fingerprint density at radius 1 is 0.857 bits per heavy atom. The van der Waals surface area contributed by atoms with E-state index in [0.717, 1.165) is 0 Å². The number of imidazole rings is 1. The number of halogens is 3. The van der Waals surface area contributed by atoms with Crippen molar-refractivity contribution < 1.29 is 18.0 Å². The highest BCUT2D eigenvalue weighted by Gasteiger charge is 2.17. The largest absolute Gasteiger partial charge is 0.323 e. The van der Waals surface area contributed by atoms with Gasteiger partial charge in [-0.25, -0.2) is 18.0 Å². The Kier molecular flexibility index (Phi) is 2.90. The van der Waals surface area contributed by atoms with Crippen molar-refractivity contribution in [3.8, 4) is 0 Å². The molecule has 1 aromatic heterocycles. The molecule has 0 atom stereocenters. The van der Waals surface area contributed by atoms with Gasteiger partial charge >= 0.3 is 5.69 Å². The van der Waals surface area contributed by atoms with Gasteiger partial charge in [-0.2, -0.15) is 0 Å². The topological polar surface area (TPSA) is 65.7 Å². The maximum Gasteiger partial charge on any atom is 0.323 e. The summed E-state index contributed by atoms with van der Waals surface area (Å²) in [6.07, 6.45) is 0. The quantitative estimate of drug-likeness (QED) is 0.563. The van der Waals surface area contributed by atoms with Crippen molar-refractivity contribution >= 4 is 16.8 Å². The maximum atomic E-state index is 13.2. The number of rotatable bonds is 2. The Labute approximate surface area is 115 Å². The van der Waals surface area contributed by atoms with Crippen LogP contribution in [0, 0.1) is 17.5 Å². The number of hydrogen-bond acceptors (Lipinski definition) is 2. The number of aromatic nitrogens is 2. The molecule has 0 radical (unpaired) electrons. The molecule has 1 heterocycles. The molecule has 0 unspecified atom stereocenters. The zero-order valence-corrected chi connectivity index (χ0v) is 10.3. The third-order valence-electron chi connectivity index (χ3n) is 3.02. The molecule has 2 aromatic carbocycles. The van der Waals surface area contributed by atoms with E-state index in [1.807, 2.05) is 0 Å². The lowest BCUT2D eigenvalue weighted by Crippen LogP contribution is -2.04. The molecule has 21 heavy (non-hydrogen) atoms. The van der Waals surface area contributed by atoms with Gasteiger partial charge in [0.1, 0.15) is 0 Å². The number of fused-ring (bicyclic) bond motifs is 1. The Balaban J connectivity index is 2.09. The number of carbonyl (C=O) groups is 1. The van der Waals surface area contributed by atoms with E-state index in [9.17, 15) is 22.8 Å². The zero-order chi connectivity index (χ0) is 15.1. The monoisotopic (exact) mass is 292 g/mol. The molecule has 106 valence electrons. The van der Waals surface area contributed by atoms with Crippen molar-refractivity contribution in [3.05, 3.63) is 69.4 Å². The summed E-state index contributed by atoms with van der Waals surface area (Å²) in [5.74, 6) is -5.18. The molecule has 3 rings (SSSR count). The third-order valence-corrected chi connectivity index (χ3v) is 3.02. The minimum Gasteiger partial charge on any atom is -0.306 e. The number of carbonyl (C=O) groups excluding carboxylic acids is 1. The van der Waals surface area contributed by atoms with Crippen LogP contribution >= 0.6 is 0 Å². The van der Waals surface area contributed by atoms with E-state index < -0.39 is 28.9 Å². The second kappa shape index (κ2) is 4.62. The molecule has 0 saturated heterocycles. The second-order valence-electron chi connectivity index (χ2n) is 4.42. The van der Waals surface area contributed by atoms with Crippen molar-refractivity contribution in [1.82, 2.24) is 9.97 Å². The summed E-state index contributed by atoms with van der Waals surface area (Å²) in [7, 11) is 0. The normalized spacial score (nSPS) is 11.0. The first-order chi connectivity index (χ1) is 9.95. The number of benzene rings is 2. The molecule has 0 aliphatic rings. The third kappa shape index (κ3) is 2.22. The molecule has 0 aliphatic heterocycles. The lowest BCUT2D eigenvalue weighted by atomic mass is 10.0. The van der Waals surface area contributed by atoms with Gasteiger partial charge < -0.3 is 9.97 Å². The second-order valence-corrected chi connectivity index (χ2v) is 4.42. The van der Waals surface area contributed by atoms with Crippen LogP contribution in [0.1, 0.15) is 15.9 Å². The molecular formula is C14H7F3N2O2. The number of nitrogens with one attached hydrogen (secondary N) is 2. The van der Waals surface area contributed by atoms with E-state index in [2.05, 4.69) is 9.97 Å². The molecule has 0 saturated carbocycles. The highest BCUT2D eigenvalue weighted by atomic mass is 19.2. The number of ketones is 1. The van der Waals surface area contributed by atoms with E-state index >= 15 is 0 Å². The van der Waals surface area contributed by atoms with E-state index in [4.69, 9.17) is 0 Å². The number of hydrogen-bond donors (Lipinski definition) is 2. The molecule has 0 fully saturated rings. The van der Waals surface area contributed by atoms with Gasteiger partial charge in [0, 0.05) is 11.1 Å². The maximum absolute atomic E-state index is 13.2. The van der Waals surface area contributed by atoms with Crippen molar-refractivity contribution in [3.63, 3.8) is 0 Å². The van der Waals surface area contributed by atoms with Gasteiger partial charge in [-0.1, -0.05) is 0 Å². The molecular weight excluding hydrogens is 285 g/mol. The van der Waals surface area contributed by atoms with Gasteiger partial charge in [-0.3, -0.25) is 4.79 Å². The summed E-state index contributed by atoms with van der Waals surface area (Å²) in [5.41, 5.74) is 0.238. The van der Waals surface area contributed by atoms with E-state index in [-0.39, 0.29) is 11.1 Å². The van der Waals surface area contributed by atoms with Crippen LogP contribution in [0.25, 0.3) is 11.0 Å². The van der Waals surface area contributed by atoms with Crippen LogP contribution in [-0.2, 0) is 0 Å². The predicted octanol–water partition coefficient (Wildman–Crippen LogP) is 2.50. The molecule has 2 N–H and O–H groups in total. The molecule has 0 bridgehead atoms. The molecule has 0 spiro atoms. The van der Waals surface area contributed by atoms with Gasteiger partial charge in [0.25, 0.3) is 0 Å². The average Bonchev–Trinajstić information content (AvgIpc) is 2.82. The summed E-state index contributed by atoms with van der Waals surface area (Å²) in [6, 6.07) is 5.51. The van der Waals surface area contributed by atoms with Gasteiger partial charge in [0.2, 0.25) is 0 Å². The van der Waals surface area contributed by atoms with E-state index in [0.29, 0.717) is 23.2 Å². The smallest absolute Gasteiger partial charge is 0.306 e. The predicted molar refractivity (Wildman–Crippen MR) is 68.7 cm³/mol. The Bertz CT molecular complexity index is 904. The zero-order valence-electron chi connectivity index (χ0n) is 10.3. The van der Waals surface area contributed by atoms with Crippen LogP contribution < -0.4 is 5.69 Å². The fourth-order valence-corrected chi connectivity index (χ4v) is 2.03.